The molecule has 2 rings (SSSR count). The molecule has 1 aromatic carbocycles. The zero-order chi connectivity index (χ0) is 11.0. The van der Waals surface area contributed by atoms with Gasteiger partial charge in [0, 0.05) is 0 Å². The molecule has 2 nitrogen and oxygen atoms in total. The van der Waals surface area contributed by atoms with Gasteiger partial charge in [0.15, 0.2) is 5.76 Å². The Morgan fingerprint density at radius 2 is 2.07 bits per heavy atom. The van der Waals surface area contributed by atoms with Crippen LogP contribution >= 0.6 is 23.2 Å². The Kier molecular flexibility index (Phi) is 2.67. The van der Waals surface area contributed by atoms with Crippen molar-refractivity contribution in [2.75, 3.05) is 0 Å². The summed E-state index contributed by atoms with van der Waals surface area (Å²) in [7, 11) is 0. The van der Waals surface area contributed by atoms with E-state index in [0.29, 0.717) is 5.76 Å². The molecule has 78 valence electrons. The highest BCUT2D eigenvalue weighted by atomic mass is 35.5. The second kappa shape index (κ2) is 3.83. The minimum Gasteiger partial charge on any atom is -0.359 e. The lowest BCUT2D eigenvalue weighted by molar-refractivity contribution is 0.399. The number of halogens is 3. The van der Waals surface area contributed by atoms with Gasteiger partial charge in [-0.1, -0.05) is 34.4 Å². The normalized spacial score (nSPS) is 10.7. The van der Waals surface area contributed by atoms with E-state index in [0.717, 1.165) is 0 Å². The third kappa shape index (κ3) is 1.73. The predicted molar refractivity (Wildman–Crippen MR) is 56.7 cm³/mol. The summed E-state index contributed by atoms with van der Waals surface area (Å²) >= 11 is 11.8. The van der Waals surface area contributed by atoms with E-state index in [1.54, 1.807) is 13.0 Å². The molecule has 0 N–H and O–H groups in total. The summed E-state index contributed by atoms with van der Waals surface area (Å²) in [4.78, 5) is 0. The van der Waals surface area contributed by atoms with Crippen LogP contribution in [-0.4, -0.2) is 5.16 Å². The van der Waals surface area contributed by atoms with E-state index in [1.165, 1.54) is 12.1 Å². The van der Waals surface area contributed by atoms with Crippen molar-refractivity contribution in [1.82, 2.24) is 5.16 Å². The molecule has 0 aliphatic carbocycles. The Bertz CT molecular complexity index is 490. The molecule has 0 unspecified atom stereocenters. The van der Waals surface area contributed by atoms with Gasteiger partial charge in [0.2, 0.25) is 0 Å². The zero-order valence-corrected chi connectivity index (χ0v) is 9.23. The number of hydrogen-bond acceptors (Lipinski definition) is 2. The third-order valence-electron chi connectivity index (χ3n) is 1.99. The quantitative estimate of drug-likeness (QED) is 0.757. The molecular weight excluding hydrogens is 240 g/mol. The molecule has 15 heavy (non-hydrogen) atoms. The Morgan fingerprint density at radius 3 is 2.60 bits per heavy atom. The highest BCUT2D eigenvalue weighted by Crippen LogP contribution is 2.35. The summed E-state index contributed by atoms with van der Waals surface area (Å²) in [6, 6.07) is 4.38. The van der Waals surface area contributed by atoms with E-state index < -0.39 is 5.82 Å². The second-order valence-corrected chi connectivity index (χ2v) is 3.78. The van der Waals surface area contributed by atoms with E-state index in [-0.39, 0.29) is 21.3 Å². The van der Waals surface area contributed by atoms with Crippen LogP contribution in [0.25, 0.3) is 11.3 Å². The van der Waals surface area contributed by atoms with Crippen LogP contribution in [0.5, 0.6) is 0 Å². The topological polar surface area (TPSA) is 26.0 Å². The van der Waals surface area contributed by atoms with Crippen molar-refractivity contribution >= 4 is 23.2 Å². The van der Waals surface area contributed by atoms with E-state index in [1.807, 2.05) is 0 Å². The highest BCUT2D eigenvalue weighted by molar-refractivity contribution is 6.36. The minimum absolute atomic E-state index is 0.168. The molecular formula is C10H6Cl2FNO. The molecule has 1 aromatic heterocycles. The molecule has 0 fully saturated rings. The minimum atomic E-state index is -0.474. The second-order valence-electron chi connectivity index (χ2n) is 3.00. The number of aromatic nitrogens is 1. The van der Waals surface area contributed by atoms with Crippen molar-refractivity contribution in [2.45, 2.75) is 6.92 Å². The van der Waals surface area contributed by atoms with Crippen LogP contribution in [0.1, 0.15) is 5.76 Å². The van der Waals surface area contributed by atoms with Crippen molar-refractivity contribution in [2.24, 2.45) is 0 Å². The lowest BCUT2D eigenvalue weighted by atomic mass is 10.1. The van der Waals surface area contributed by atoms with Crippen LogP contribution in [0, 0.1) is 12.7 Å². The van der Waals surface area contributed by atoms with Crippen LogP contribution in [0.2, 0.25) is 10.0 Å². The van der Waals surface area contributed by atoms with Gasteiger partial charge in [-0.15, -0.1) is 0 Å². The molecule has 0 spiro atoms. The maximum Gasteiger partial charge on any atom is 0.152 e. The highest BCUT2D eigenvalue weighted by Gasteiger charge is 2.18. The van der Waals surface area contributed by atoms with Crippen LogP contribution in [0.3, 0.4) is 0 Å². The van der Waals surface area contributed by atoms with Crippen molar-refractivity contribution in [3.63, 3.8) is 0 Å². The van der Waals surface area contributed by atoms with Gasteiger partial charge in [-0.2, -0.15) is 0 Å². The maximum absolute atomic E-state index is 13.5. The van der Waals surface area contributed by atoms with Gasteiger partial charge in [0.25, 0.3) is 0 Å². The molecule has 0 atom stereocenters. The number of hydrogen-bond donors (Lipinski definition) is 0. The fraction of sp³-hybridized carbons (Fsp3) is 0.100. The summed E-state index contributed by atoms with van der Waals surface area (Å²) in [5.41, 5.74) is 0.401. The number of benzene rings is 1. The Labute approximate surface area is 95.6 Å². The largest absolute Gasteiger partial charge is 0.359 e. The monoisotopic (exact) mass is 245 g/mol. The maximum atomic E-state index is 13.5. The number of aryl methyl sites for hydroxylation is 1. The van der Waals surface area contributed by atoms with Gasteiger partial charge in [-0.3, -0.25) is 0 Å². The first-order chi connectivity index (χ1) is 7.11. The lowest BCUT2D eigenvalue weighted by Crippen LogP contribution is -1.86. The van der Waals surface area contributed by atoms with Crippen LogP contribution in [-0.2, 0) is 0 Å². The van der Waals surface area contributed by atoms with Crippen LogP contribution < -0.4 is 0 Å². The molecule has 0 radical (unpaired) electrons. The molecule has 0 saturated carbocycles. The molecule has 5 heteroatoms. The Hall–Kier alpha value is -1.06. The molecule has 2 aromatic rings. The van der Waals surface area contributed by atoms with Crippen molar-refractivity contribution in [3.05, 3.63) is 39.8 Å². The summed E-state index contributed by atoms with van der Waals surface area (Å²) in [6.07, 6.45) is 0. The predicted octanol–water partition coefficient (Wildman–Crippen LogP) is 4.10. The van der Waals surface area contributed by atoms with Crippen molar-refractivity contribution in [3.8, 4) is 11.3 Å². The van der Waals surface area contributed by atoms with E-state index >= 15 is 0 Å². The standard InChI is InChI=1S/C10H6Cl2FNO/c1-5-9(12)10(14-15-5)8-6(11)3-2-4-7(8)13/h2-4H,1H3. The summed E-state index contributed by atoms with van der Waals surface area (Å²) in [5.74, 6) is -0.0383. The van der Waals surface area contributed by atoms with Crippen molar-refractivity contribution in [1.29, 1.82) is 0 Å². The van der Waals surface area contributed by atoms with E-state index in [2.05, 4.69) is 5.16 Å². The fourth-order valence-electron chi connectivity index (χ4n) is 1.24. The molecule has 0 amide bonds. The molecule has 0 aliphatic rings. The van der Waals surface area contributed by atoms with Gasteiger partial charge < -0.3 is 4.52 Å². The van der Waals surface area contributed by atoms with Gasteiger partial charge in [0.05, 0.1) is 10.6 Å². The Balaban J connectivity index is 2.69. The van der Waals surface area contributed by atoms with Crippen LogP contribution in [0.4, 0.5) is 4.39 Å². The van der Waals surface area contributed by atoms with Gasteiger partial charge >= 0.3 is 0 Å². The number of rotatable bonds is 1. The van der Waals surface area contributed by atoms with E-state index in [9.17, 15) is 4.39 Å². The first-order valence-electron chi connectivity index (χ1n) is 4.17. The molecule has 0 saturated heterocycles. The summed E-state index contributed by atoms with van der Waals surface area (Å²) in [5, 5.41) is 4.21. The first kappa shape index (κ1) is 10.5. The average Bonchev–Trinajstić information content (AvgIpc) is 2.49. The zero-order valence-electron chi connectivity index (χ0n) is 7.72. The summed E-state index contributed by atoms with van der Waals surface area (Å²) < 4.78 is 18.4. The summed E-state index contributed by atoms with van der Waals surface area (Å²) in [6.45, 7) is 1.65. The van der Waals surface area contributed by atoms with Gasteiger partial charge in [-0.25, -0.2) is 4.39 Å². The smallest absolute Gasteiger partial charge is 0.152 e. The number of nitrogens with zero attached hydrogens (tertiary/aromatic N) is 1. The fourth-order valence-corrected chi connectivity index (χ4v) is 1.66. The Morgan fingerprint density at radius 1 is 1.33 bits per heavy atom. The first-order valence-corrected chi connectivity index (χ1v) is 4.93. The van der Waals surface area contributed by atoms with Gasteiger partial charge in [0.1, 0.15) is 16.5 Å². The molecule has 0 aliphatic heterocycles. The SMILES string of the molecule is Cc1onc(-c2c(F)cccc2Cl)c1Cl. The van der Waals surface area contributed by atoms with Gasteiger partial charge in [-0.05, 0) is 19.1 Å². The molecule has 0 bridgehead atoms. The average molecular weight is 246 g/mol. The van der Waals surface area contributed by atoms with Crippen LogP contribution in [0.15, 0.2) is 22.7 Å². The van der Waals surface area contributed by atoms with E-state index in [4.69, 9.17) is 27.7 Å². The lowest BCUT2D eigenvalue weighted by Gasteiger charge is -2.01. The third-order valence-corrected chi connectivity index (χ3v) is 2.75. The molecule has 1 heterocycles. The van der Waals surface area contributed by atoms with Crippen molar-refractivity contribution < 1.29 is 8.91 Å².